The monoisotopic (exact) mass is 659 g/mol. The molecule has 0 unspecified atom stereocenters. The molecule has 2 atom stereocenters. The van der Waals surface area contributed by atoms with E-state index in [0.717, 1.165) is 36.1 Å². The minimum atomic E-state index is -0.818. The summed E-state index contributed by atoms with van der Waals surface area (Å²) in [6.45, 7) is 0.771. The predicted molar refractivity (Wildman–Crippen MR) is 169 cm³/mol. The molecule has 4 aromatic rings. The van der Waals surface area contributed by atoms with Crippen LogP contribution in [0.3, 0.4) is 0 Å². The van der Waals surface area contributed by atoms with Gasteiger partial charge in [0.2, 0.25) is 18.3 Å². The number of nitrogens with one attached hydrogen (secondary N) is 2. The Labute approximate surface area is 274 Å². The fraction of sp³-hybridized carbons (Fsp3) is 0.257. The summed E-state index contributed by atoms with van der Waals surface area (Å²) in [5.74, 6) is 0.708. The number of rotatable bonds is 7. The molecule has 0 bridgehead atoms. The van der Waals surface area contributed by atoms with Crippen molar-refractivity contribution in [3.8, 4) is 34.5 Å². The van der Waals surface area contributed by atoms with Crippen molar-refractivity contribution in [2.75, 3.05) is 38.2 Å². The Morgan fingerprint density at radius 3 is 1.98 bits per heavy atom. The van der Waals surface area contributed by atoms with E-state index in [1.54, 1.807) is 12.1 Å². The van der Waals surface area contributed by atoms with Crippen molar-refractivity contribution < 1.29 is 46.8 Å². The Bertz CT molecular complexity index is 1840. The molecular weight excluding hydrogens is 628 g/mol. The van der Waals surface area contributed by atoms with Crippen molar-refractivity contribution in [2.45, 2.75) is 31.3 Å². The van der Waals surface area contributed by atoms with Crippen molar-refractivity contribution in [3.63, 3.8) is 0 Å². The van der Waals surface area contributed by atoms with Crippen molar-refractivity contribution in [3.05, 3.63) is 95.1 Å². The van der Waals surface area contributed by atoms with Crippen LogP contribution < -0.4 is 39.1 Å². The second kappa shape index (κ2) is 12.9. The molecule has 11 nitrogen and oxygen atoms in total. The van der Waals surface area contributed by atoms with Gasteiger partial charge in [0.25, 0.3) is 0 Å². The third kappa shape index (κ3) is 5.99. The zero-order valence-electron chi connectivity index (χ0n) is 26.0. The zero-order valence-corrected chi connectivity index (χ0v) is 26.0. The average Bonchev–Trinajstić information content (AvgIpc) is 3.76. The quantitative estimate of drug-likeness (QED) is 0.215. The topological polar surface area (TPSA) is 117 Å². The lowest BCUT2D eigenvalue weighted by molar-refractivity contribution is 0.169. The molecule has 0 spiro atoms. The minimum absolute atomic E-state index is 0.0420. The number of hydrogen-bond donors (Lipinski definition) is 2. The predicted octanol–water partition coefficient (Wildman–Crippen LogP) is 7.04. The number of methoxy groups -OCH3 is 2. The van der Waals surface area contributed by atoms with Crippen LogP contribution in [0.5, 0.6) is 34.5 Å². The molecule has 248 valence electrons. The van der Waals surface area contributed by atoms with Crippen molar-refractivity contribution in [1.29, 1.82) is 0 Å². The molecule has 3 aliphatic rings. The SMILES string of the molecule is COc1cc([C@@H]2c3cc4c(c(OC(=O)Nc5ccc(F)cc5)c3C[C@@H]3CCCN32)OCO4)cc(OC)c1OC(=O)Nc1ccc(F)cc1. The number of carbonyl (C=O) groups excluding carboxylic acids is 2. The van der Waals surface area contributed by atoms with E-state index in [9.17, 15) is 18.4 Å². The summed E-state index contributed by atoms with van der Waals surface area (Å²) in [6, 6.07) is 15.9. The van der Waals surface area contributed by atoms with Gasteiger partial charge in [-0.05, 0) is 104 Å². The average molecular weight is 660 g/mol. The van der Waals surface area contributed by atoms with Crippen LogP contribution in [0.15, 0.2) is 66.7 Å². The van der Waals surface area contributed by atoms with Gasteiger partial charge < -0.3 is 28.4 Å². The summed E-state index contributed by atoms with van der Waals surface area (Å²) in [6.07, 6.45) is 0.900. The van der Waals surface area contributed by atoms with Crippen LogP contribution in [0, 0.1) is 11.6 Å². The van der Waals surface area contributed by atoms with Crippen molar-refractivity contribution >= 4 is 23.6 Å². The number of ether oxygens (including phenoxy) is 6. The first-order valence-corrected chi connectivity index (χ1v) is 15.3. The number of fused-ring (bicyclic) bond motifs is 3. The highest BCUT2D eigenvalue weighted by atomic mass is 19.1. The molecule has 3 aliphatic heterocycles. The maximum atomic E-state index is 13.4. The van der Waals surface area contributed by atoms with Gasteiger partial charge in [0.05, 0.1) is 20.3 Å². The molecule has 1 fully saturated rings. The molecule has 48 heavy (non-hydrogen) atoms. The Morgan fingerprint density at radius 2 is 1.40 bits per heavy atom. The van der Waals surface area contributed by atoms with Gasteiger partial charge in [-0.1, -0.05) is 0 Å². The highest BCUT2D eigenvalue weighted by Crippen LogP contribution is 2.54. The Hall–Kier alpha value is -5.56. The Morgan fingerprint density at radius 1 is 0.812 bits per heavy atom. The lowest BCUT2D eigenvalue weighted by Gasteiger charge is -2.40. The molecule has 0 saturated carbocycles. The standard InChI is InChI=1S/C35H31F2N3O8/c1-43-27-14-19(15-28(44-2)32(27)48-35(42)39-23-11-7-21(37)8-12-23)30-25-17-29-33(46-18-45-29)31(26(25)16-24-4-3-13-40(24)30)47-34(41)38-22-9-5-20(36)6-10-22/h5-12,14-15,17,24,30H,3-4,13,16,18H2,1-2H3,(H,38,41)(H,39,42)/t24-,30+/m0/s1. The zero-order chi connectivity index (χ0) is 33.4. The normalized spacial score (nSPS) is 17.6. The number of anilines is 2. The largest absolute Gasteiger partial charge is 0.493 e. The van der Waals surface area contributed by atoms with Gasteiger partial charge in [-0.25, -0.2) is 18.4 Å². The van der Waals surface area contributed by atoms with E-state index in [4.69, 9.17) is 28.4 Å². The van der Waals surface area contributed by atoms with Crippen LogP contribution >= 0.6 is 0 Å². The number of halogens is 2. The third-order valence-electron chi connectivity index (χ3n) is 8.61. The van der Waals surface area contributed by atoms with Gasteiger partial charge >= 0.3 is 12.2 Å². The maximum absolute atomic E-state index is 13.4. The molecule has 0 aromatic heterocycles. The lowest BCUT2D eigenvalue weighted by Crippen LogP contribution is -2.40. The van der Waals surface area contributed by atoms with Crippen LogP contribution in [0.2, 0.25) is 0 Å². The fourth-order valence-electron chi connectivity index (χ4n) is 6.53. The van der Waals surface area contributed by atoms with E-state index in [1.807, 2.05) is 6.07 Å². The summed E-state index contributed by atoms with van der Waals surface area (Å²) in [4.78, 5) is 28.3. The number of hydrogen-bond acceptors (Lipinski definition) is 9. The summed E-state index contributed by atoms with van der Waals surface area (Å²) >= 11 is 0. The molecule has 2 amide bonds. The number of amides is 2. The van der Waals surface area contributed by atoms with E-state index >= 15 is 0 Å². The number of nitrogens with zero attached hydrogens (tertiary/aromatic N) is 1. The van der Waals surface area contributed by atoms with Gasteiger partial charge in [0, 0.05) is 23.0 Å². The molecule has 4 aromatic carbocycles. The van der Waals surface area contributed by atoms with E-state index in [2.05, 4.69) is 15.5 Å². The second-order valence-electron chi connectivity index (χ2n) is 11.4. The smallest absolute Gasteiger partial charge is 0.417 e. The molecule has 7 rings (SSSR count). The van der Waals surface area contributed by atoms with Crippen LogP contribution in [0.4, 0.5) is 29.7 Å². The van der Waals surface area contributed by atoms with E-state index < -0.39 is 23.8 Å². The minimum Gasteiger partial charge on any atom is -0.493 e. The molecule has 3 heterocycles. The summed E-state index contributed by atoms with van der Waals surface area (Å²) in [7, 11) is 2.92. The molecule has 0 aliphatic carbocycles. The molecule has 1 saturated heterocycles. The first kappa shape index (κ1) is 31.1. The lowest BCUT2D eigenvalue weighted by atomic mass is 9.84. The van der Waals surface area contributed by atoms with E-state index in [1.165, 1.54) is 62.8 Å². The molecule has 13 heteroatoms. The molecular formula is C35H31F2N3O8. The third-order valence-corrected chi connectivity index (χ3v) is 8.61. The maximum Gasteiger partial charge on any atom is 0.417 e. The van der Waals surface area contributed by atoms with Crippen LogP contribution in [-0.4, -0.2) is 50.7 Å². The first-order valence-electron chi connectivity index (χ1n) is 15.3. The van der Waals surface area contributed by atoms with Gasteiger partial charge in [0.15, 0.2) is 23.0 Å². The van der Waals surface area contributed by atoms with Crippen LogP contribution in [0.1, 0.15) is 35.6 Å². The summed E-state index contributed by atoms with van der Waals surface area (Å²) in [5, 5.41) is 5.21. The van der Waals surface area contributed by atoms with Crippen molar-refractivity contribution in [1.82, 2.24) is 4.90 Å². The molecule has 0 radical (unpaired) electrons. The summed E-state index contributed by atoms with van der Waals surface area (Å²) < 4.78 is 61.3. The van der Waals surface area contributed by atoms with Gasteiger partial charge in [-0.2, -0.15) is 0 Å². The summed E-state index contributed by atoms with van der Waals surface area (Å²) in [5.41, 5.74) is 3.13. The van der Waals surface area contributed by atoms with Crippen LogP contribution in [0.25, 0.3) is 0 Å². The van der Waals surface area contributed by atoms with E-state index in [-0.39, 0.29) is 41.9 Å². The highest BCUT2D eigenvalue weighted by molar-refractivity contribution is 5.88. The van der Waals surface area contributed by atoms with Gasteiger partial charge in [0.1, 0.15) is 11.6 Å². The fourth-order valence-corrected chi connectivity index (χ4v) is 6.53. The van der Waals surface area contributed by atoms with Gasteiger partial charge in [-0.3, -0.25) is 15.5 Å². The first-order chi connectivity index (χ1) is 23.3. The highest BCUT2D eigenvalue weighted by Gasteiger charge is 2.43. The second-order valence-corrected chi connectivity index (χ2v) is 11.4. The van der Waals surface area contributed by atoms with E-state index in [0.29, 0.717) is 29.3 Å². The Balaban J connectivity index is 1.25. The molecule has 2 N–H and O–H groups in total. The number of benzene rings is 4. The van der Waals surface area contributed by atoms with Crippen LogP contribution in [-0.2, 0) is 6.42 Å². The van der Waals surface area contributed by atoms with Crippen molar-refractivity contribution in [2.24, 2.45) is 0 Å². The Kier molecular flexibility index (Phi) is 8.36. The van der Waals surface area contributed by atoms with Gasteiger partial charge in [-0.15, -0.1) is 0 Å². The number of carbonyl (C=O) groups is 2.